The maximum atomic E-state index is 14.1. The van der Waals surface area contributed by atoms with E-state index in [9.17, 15) is 27.5 Å². The Morgan fingerprint density at radius 2 is 1.49 bits per heavy atom. The summed E-state index contributed by atoms with van der Waals surface area (Å²) in [5.74, 6) is -1.68. The quantitative estimate of drug-likeness (QED) is 0.478. The molecule has 0 aromatic heterocycles. The van der Waals surface area contributed by atoms with Gasteiger partial charge in [-0.05, 0) is 49.4 Å². The number of ketones is 1. The molecule has 0 saturated carbocycles. The zero-order chi connectivity index (χ0) is 25.2. The summed E-state index contributed by atoms with van der Waals surface area (Å²) in [4.78, 5) is 27.2. The van der Waals surface area contributed by atoms with Crippen LogP contribution in [0.5, 0.6) is 0 Å². The molecule has 1 saturated heterocycles. The van der Waals surface area contributed by atoms with Crippen molar-refractivity contribution in [2.24, 2.45) is 0 Å². The highest BCUT2D eigenvalue weighted by Crippen LogP contribution is 2.28. The molecule has 1 aliphatic rings. The van der Waals surface area contributed by atoms with Gasteiger partial charge in [0.1, 0.15) is 5.82 Å². The van der Waals surface area contributed by atoms with Crippen LogP contribution in [-0.4, -0.2) is 51.5 Å². The Kier molecular flexibility index (Phi) is 6.74. The van der Waals surface area contributed by atoms with Gasteiger partial charge in [-0.1, -0.05) is 24.3 Å². The van der Waals surface area contributed by atoms with E-state index in [-0.39, 0.29) is 27.7 Å². The molecule has 0 bridgehead atoms. The van der Waals surface area contributed by atoms with E-state index in [1.165, 1.54) is 49.4 Å². The average Bonchev–Trinajstić information content (AvgIpc) is 2.84. The van der Waals surface area contributed by atoms with Crippen molar-refractivity contribution in [3.8, 4) is 0 Å². The molecule has 4 rings (SSSR count). The zero-order valence-corrected chi connectivity index (χ0v) is 19.8. The molecule has 10 heteroatoms. The zero-order valence-electron chi connectivity index (χ0n) is 18.9. The molecule has 3 aromatic rings. The van der Waals surface area contributed by atoms with Crippen molar-refractivity contribution in [3.63, 3.8) is 0 Å². The van der Waals surface area contributed by atoms with Crippen LogP contribution in [0.3, 0.4) is 0 Å². The minimum absolute atomic E-state index is 0.0449. The Morgan fingerprint density at radius 1 is 0.886 bits per heavy atom. The first-order valence-corrected chi connectivity index (χ1v) is 12.4. The molecule has 0 radical (unpaired) electrons. The Labute approximate surface area is 202 Å². The van der Waals surface area contributed by atoms with Gasteiger partial charge >= 0.3 is 5.97 Å². The number of aromatic carboxylic acids is 1. The molecule has 0 atom stereocenters. The SMILES string of the molecule is CC(=O)c1ccc(S(=O)(=O)Nc2ccc(N3CCN(c4ccccc4F)CC3)c(C(=O)O)c2)cc1. The highest BCUT2D eigenvalue weighted by Gasteiger charge is 2.24. The number of nitrogens with zero attached hydrogens (tertiary/aromatic N) is 2. The van der Waals surface area contributed by atoms with Crippen LogP contribution in [0.1, 0.15) is 27.6 Å². The molecule has 3 aromatic carbocycles. The molecule has 1 fully saturated rings. The number of hydrogen-bond donors (Lipinski definition) is 2. The second-order valence-corrected chi connectivity index (χ2v) is 9.83. The van der Waals surface area contributed by atoms with Crippen LogP contribution in [0.4, 0.5) is 21.5 Å². The molecule has 1 aliphatic heterocycles. The van der Waals surface area contributed by atoms with Crippen molar-refractivity contribution < 1.29 is 27.5 Å². The molecule has 0 amide bonds. The monoisotopic (exact) mass is 497 g/mol. The molecule has 2 N–H and O–H groups in total. The predicted octanol–water partition coefficient (Wildman–Crippen LogP) is 3.85. The van der Waals surface area contributed by atoms with Gasteiger partial charge in [0.15, 0.2) is 5.78 Å². The lowest BCUT2D eigenvalue weighted by molar-refractivity contribution is 0.0697. The summed E-state index contributed by atoms with van der Waals surface area (Å²) in [6.45, 7) is 3.34. The van der Waals surface area contributed by atoms with Crippen LogP contribution in [0.25, 0.3) is 0 Å². The molecule has 35 heavy (non-hydrogen) atoms. The summed E-state index contributed by atoms with van der Waals surface area (Å²) in [7, 11) is -3.99. The topological polar surface area (TPSA) is 107 Å². The fourth-order valence-corrected chi connectivity index (χ4v) is 5.08. The third kappa shape index (κ3) is 5.27. The van der Waals surface area contributed by atoms with E-state index < -0.39 is 16.0 Å². The van der Waals surface area contributed by atoms with Gasteiger partial charge in [-0.15, -0.1) is 0 Å². The van der Waals surface area contributed by atoms with Crippen molar-refractivity contribution in [2.75, 3.05) is 40.7 Å². The van der Waals surface area contributed by atoms with Crippen LogP contribution in [0, 0.1) is 5.82 Å². The highest BCUT2D eigenvalue weighted by atomic mass is 32.2. The van der Waals surface area contributed by atoms with Gasteiger partial charge < -0.3 is 14.9 Å². The van der Waals surface area contributed by atoms with Gasteiger partial charge in [-0.25, -0.2) is 17.6 Å². The predicted molar refractivity (Wildman–Crippen MR) is 131 cm³/mol. The van der Waals surface area contributed by atoms with E-state index in [1.807, 2.05) is 9.80 Å². The summed E-state index contributed by atoms with van der Waals surface area (Å²) >= 11 is 0. The normalized spacial score (nSPS) is 14.0. The number of sulfonamides is 1. The number of halogens is 1. The Bertz CT molecular complexity index is 1370. The summed E-state index contributed by atoms with van der Waals surface area (Å²) in [6, 6.07) is 16.3. The number of carbonyl (C=O) groups excluding carboxylic acids is 1. The largest absolute Gasteiger partial charge is 0.478 e. The van der Waals surface area contributed by atoms with E-state index in [2.05, 4.69) is 4.72 Å². The lowest BCUT2D eigenvalue weighted by atomic mass is 10.1. The van der Waals surface area contributed by atoms with Crippen molar-refractivity contribution in [2.45, 2.75) is 11.8 Å². The van der Waals surface area contributed by atoms with E-state index in [1.54, 1.807) is 24.3 Å². The average molecular weight is 498 g/mol. The standard InChI is InChI=1S/C25H24FN3O5S/c1-17(30)18-6-9-20(10-7-18)35(33,34)27-19-8-11-23(21(16-19)25(31)32)28-12-14-29(15-13-28)24-5-3-2-4-22(24)26/h2-11,16,27H,12-15H2,1H3,(H,31,32). The fraction of sp³-hybridized carbons (Fsp3) is 0.200. The van der Waals surface area contributed by atoms with Crippen LogP contribution in [0.15, 0.2) is 71.6 Å². The van der Waals surface area contributed by atoms with Crippen LogP contribution in [-0.2, 0) is 10.0 Å². The summed E-state index contributed by atoms with van der Waals surface area (Å²) in [5, 5.41) is 9.79. The minimum atomic E-state index is -3.99. The second-order valence-electron chi connectivity index (χ2n) is 8.15. The van der Waals surface area contributed by atoms with E-state index >= 15 is 0 Å². The molecular formula is C25H24FN3O5S. The van der Waals surface area contributed by atoms with Gasteiger partial charge in [0.2, 0.25) is 0 Å². The maximum absolute atomic E-state index is 14.1. The van der Waals surface area contributed by atoms with Gasteiger partial charge in [-0.2, -0.15) is 0 Å². The van der Waals surface area contributed by atoms with Gasteiger partial charge in [0, 0.05) is 37.4 Å². The molecule has 0 unspecified atom stereocenters. The molecule has 8 nitrogen and oxygen atoms in total. The van der Waals surface area contributed by atoms with Crippen molar-refractivity contribution >= 4 is 38.8 Å². The first-order chi connectivity index (χ1) is 16.7. The number of carbonyl (C=O) groups is 2. The second kappa shape index (κ2) is 9.75. The Balaban J connectivity index is 1.52. The Hall–Kier alpha value is -3.92. The van der Waals surface area contributed by atoms with Gasteiger partial charge in [-0.3, -0.25) is 9.52 Å². The van der Waals surface area contributed by atoms with Crippen LogP contribution >= 0.6 is 0 Å². The highest BCUT2D eigenvalue weighted by molar-refractivity contribution is 7.92. The van der Waals surface area contributed by atoms with Gasteiger partial charge in [0.25, 0.3) is 10.0 Å². The molecule has 0 spiro atoms. The summed E-state index contributed by atoms with van der Waals surface area (Å²) < 4.78 is 42.0. The maximum Gasteiger partial charge on any atom is 0.337 e. The van der Waals surface area contributed by atoms with Crippen LogP contribution in [0.2, 0.25) is 0 Å². The van der Waals surface area contributed by atoms with Crippen LogP contribution < -0.4 is 14.5 Å². The smallest absolute Gasteiger partial charge is 0.337 e. The number of carboxylic acids is 1. The first-order valence-electron chi connectivity index (χ1n) is 10.9. The van der Waals surface area contributed by atoms with Gasteiger partial charge in [0.05, 0.1) is 21.8 Å². The summed E-state index contributed by atoms with van der Waals surface area (Å²) in [6.07, 6.45) is 0. The Morgan fingerprint density at radius 3 is 2.06 bits per heavy atom. The number of Topliss-reactive ketones (excluding diaryl/α,β-unsaturated/α-hetero) is 1. The number of carboxylic acid groups (broad SMARTS) is 1. The number of nitrogens with one attached hydrogen (secondary N) is 1. The van der Waals surface area contributed by atoms with Crippen molar-refractivity contribution in [1.82, 2.24) is 0 Å². The lowest BCUT2D eigenvalue weighted by Crippen LogP contribution is -2.47. The van der Waals surface area contributed by atoms with E-state index in [0.29, 0.717) is 43.1 Å². The van der Waals surface area contributed by atoms with Crippen molar-refractivity contribution in [3.05, 3.63) is 83.7 Å². The van der Waals surface area contributed by atoms with Crippen molar-refractivity contribution in [1.29, 1.82) is 0 Å². The minimum Gasteiger partial charge on any atom is -0.478 e. The molecular weight excluding hydrogens is 473 g/mol. The molecule has 182 valence electrons. The van der Waals surface area contributed by atoms with E-state index in [0.717, 1.165) is 0 Å². The summed E-state index contributed by atoms with van der Waals surface area (Å²) in [5.41, 5.74) is 1.41. The number of hydrogen-bond acceptors (Lipinski definition) is 6. The molecule has 1 heterocycles. The molecule has 0 aliphatic carbocycles. The number of rotatable bonds is 7. The first kappa shape index (κ1) is 24.2. The number of piperazine rings is 1. The fourth-order valence-electron chi connectivity index (χ4n) is 4.03. The third-order valence-electron chi connectivity index (χ3n) is 5.86. The number of benzene rings is 3. The lowest BCUT2D eigenvalue weighted by Gasteiger charge is -2.38. The van der Waals surface area contributed by atoms with E-state index in [4.69, 9.17) is 0 Å². The third-order valence-corrected chi connectivity index (χ3v) is 7.26. The number of para-hydroxylation sites is 1. The number of anilines is 3.